The van der Waals surface area contributed by atoms with E-state index in [9.17, 15) is 4.79 Å². The van der Waals surface area contributed by atoms with Gasteiger partial charge in [-0.15, -0.1) is 5.10 Å². The van der Waals surface area contributed by atoms with Gasteiger partial charge >= 0.3 is 5.97 Å². The minimum Gasteiger partial charge on any atom is -0.476 e. The summed E-state index contributed by atoms with van der Waals surface area (Å²) in [6, 6.07) is 0.273. The van der Waals surface area contributed by atoms with Crippen molar-refractivity contribution in [1.29, 1.82) is 0 Å². The third-order valence-corrected chi connectivity index (χ3v) is 3.47. The van der Waals surface area contributed by atoms with Gasteiger partial charge in [0.25, 0.3) is 0 Å². The molecule has 1 saturated carbocycles. The minimum atomic E-state index is -1.01. The fourth-order valence-corrected chi connectivity index (χ4v) is 3.05. The van der Waals surface area contributed by atoms with Crippen LogP contribution in [-0.2, 0) is 0 Å². The number of aromatic carboxylic acids is 1. The van der Waals surface area contributed by atoms with Crippen LogP contribution < -0.4 is 0 Å². The molecule has 1 aromatic rings. The Hall–Kier alpha value is -1.39. The number of nitrogens with zero attached hydrogens (tertiary/aromatic N) is 3. The average Bonchev–Trinajstić information content (AvgIpc) is 2.62. The highest BCUT2D eigenvalue weighted by molar-refractivity contribution is 5.84. The average molecular weight is 237 g/mol. The fraction of sp³-hybridized carbons (Fsp3) is 0.750. The summed E-state index contributed by atoms with van der Waals surface area (Å²) in [5.74, 6) is -0.374. The highest BCUT2D eigenvalue weighted by atomic mass is 16.4. The normalized spacial score (nSPS) is 27.9. The van der Waals surface area contributed by atoms with Crippen LogP contribution in [0.25, 0.3) is 0 Å². The number of carboxylic acids is 1. The van der Waals surface area contributed by atoms with Crippen molar-refractivity contribution < 1.29 is 9.90 Å². The van der Waals surface area contributed by atoms with Crippen molar-refractivity contribution in [3.63, 3.8) is 0 Å². The van der Waals surface area contributed by atoms with Crippen LogP contribution in [0, 0.1) is 11.3 Å². The molecule has 1 fully saturated rings. The lowest BCUT2D eigenvalue weighted by atomic mass is 9.71. The number of rotatable bonds is 2. The van der Waals surface area contributed by atoms with Gasteiger partial charge in [-0.2, -0.15) is 0 Å². The predicted octanol–water partition coefficient (Wildman–Crippen LogP) is 2.36. The zero-order chi connectivity index (χ0) is 12.6. The SMILES string of the molecule is CC1CC(n2cc(C(=O)O)nn2)CC(C)(C)C1. The van der Waals surface area contributed by atoms with Crippen LogP contribution in [0.15, 0.2) is 6.20 Å². The Labute approximate surface area is 101 Å². The van der Waals surface area contributed by atoms with Crippen LogP contribution in [0.5, 0.6) is 0 Å². The second kappa shape index (κ2) is 4.13. The molecule has 17 heavy (non-hydrogen) atoms. The smallest absolute Gasteiger partial charge is 0.358 e. The Morgan fingerprint density at radius 2 is 2.24 bits per heavy atom. The minimum absolute atomic E-state index is 0.0287. The second-order valence-electron chi connectivity index (χ2n) is 5.96. The molecule has 5 heteroatoms. The van der Waals surface area contributed by atoms with E-state index in [0.29, 0.717) is 5.92 Å². The maximum absolute atomic E-state index is 10.8. The highest BCUT2D eigenvalue weighted by Crippen LogP contribution is 2.43. The summed E-state index contributed by atoms with van der Waals surface area (Å²) in [6.45, 7) is 6.75. The van der Waals surface area contributed by atoms with Gasteiger partial charge in [0.2, 0.25) is 0 Å². The van der Waals surface area contributed by atoms with Gasteiger partial charge < -0.3 is 5.11 Å². The monoisotopic (exact) mass is 237 g/mol. The molecule has 0 radical (unpaired) electrons. The molecule has 0 aliphatic heterocycles. The highest BCUT2D eigenvalue weighted by Gasteiger charge is 2.33. The molecule has 2 atom stereocenters. The van der Waals surface area contributed by atoms with Gasteiger partial charge in [0.05, 0.1) is 12.2 Å². The first-order valence-corrected chi connectivity index (χ1v) is 6.02. The van der Waals surface area contributed by atoms with Gasteiger partial charge in [-0.3, -0.25) is 0 Å². The van der Waals surface area contributed by atoms with Crippen LogP contribution >= 0.6 is 0 Å². The number of carboxylic acid groups (broad SMARTS) is 1. The molecule has 0 amide bonds. The Morgan fingerprint density at radius 3 is 2.76 bits per heavy atom. The Balaban J connectivity index is 2.18. The van der Waals surface area contributed by atoms with Gasteiger partial charge in [0.15, 0.2) is 5.69 Å². The lowest BCUT2D eigenvalue weighted by Gasteiger charge is -2.38. The van der Waals surface area contributed by atoms with Crippen molar-refractivity contribution in [2.75, 3.05) is 0 Å². The van der Waals surface area contributed by atoms with Crippen molar-refractivity contribution in [3.8, 4) is 0 Å². The first-order valence-electron chi connectivity index (χ1n) is 6.02. The van der Waals surface area contributed by atoms with Crippen molar-refractivity contribution in [3.05, 3.63) is 11.9 Å². The topological polar surface area (TPSA) is 68.0 Å². The molecule has 0 bridgehead atoms. The van der Waals surface area contributed by atoms with E-state index in [1.165, 1.54) is 6.42 Å². The van der Waals surface area contributed by atoms with E-state index in [2.05, 4.69) is 31.1 Å². The number of hydrogen-bond acceptors (Lipinski definition) is 3. The summed E-state index contributed by atoms with van der Waals surface area (Å²) in [4.78, 5) is 10.8. The van der Waals surface area contributed by atoms with E-state index in [0.717, 1.165) is 12.8 Å². The molecule has 5 nitrogen and oxygen atoms in total. The standard InChI is InChI=1S/C12H19N3O2/c1-8-4-9(6-12(2,3)5-8)15-7-10(11(16)17)13-14-15/h7-9H,4-6H2,1-3H3,(H,16,17). The van der Waals surface area contributed by atoms with Crippen LogP contribution in [0.3, 0.4) is 0 Å². The molecule has 0 spiro atoms. The van der Waals surface area contributed by atoms with Gasteiger partial charge in [-0.25, -0.2) is 9.48 Å². The largest absolute Gasteiger partial charge is 0.476 e. The molecule has 1 aromatic heterocycles. The summed E-state index contributed by atoms with van der Waals surface area (Å²) in [6.07, 6.45) is 4.83. The first kappa shape index (κ1) is 12.1. The van der Waals surface area contributed by atoms with Crippen molar-refractivity contribution in [2.45, 2.75) is 46.1 Å². The lowest BCUT2D eigenvalue weighted by Crippen LogP contribution is -2.29. The van der Waals surface area contributed by atoms with Crippen LogP contribution in [0.2, 0.25) is 0 Å². The quantitative estimate of drug-likeness (QED) is 0.857. The molecular formula is C12H19N3O2. The van der Waals surface area contributed by atoms with Gasteiger partial charge in [0, 0.05) is 0 Å². The molecule has 1 heterocycles. The molecule has 2 unspecified atom stereocenters. The molecule has 0 aromatic carbocycles. The predicted molar refractivity (Wildman–Crippen MR) is 62.8 cm³/mol. The van der Waals surface area contributed by atoms with E-state index in [-0.39, 0.29) is 17.2 Å². The van der Waals surface area contributed by atoms with Crippen molar-refractivity contribution >= 4 is 5.97 Å². The zero-order valence-electron chi connectivity index (χ0n) is 10.6. The number of aromatic nitrogens is 3. The Bertz CT molecular complexity index is 425. The molecule has 1 aliphatic rings. The Morgan fingerprint density at radius 1 is 1.53 bits per heavy atom. The molecule has 1 aliphatic carbocycles. The van der Waals surface area contributed by atoms with Gasteiger partial charge in [0.1, 0.15) is 0 Å². The van der Waals surface area contributed by atoms with E-state index >= 15 is 0 Å². The summed E-state index contributed by atoms with van der Waals surface area (Å²) in [5, 5.41) is 16.5. The first-order chi connectivity index (χ1) is 7.87. The maximum Gasteiger partial charge on any atom is 0.358 e. The van der Waals surface area contributed by atoms with Crippen molar-refractivity contribution in [2.24, 2.45) is 11.3 Å². The third-order valence-electron chi connectivity index (χ3n) is 3.47. The Kier molecular flexibility index (Phi) is 2.93. The lowest BCUT2D eigenvalue weighted by molar-refractivity contribution is 0.0690. The molecule has 0 saturated heterocycles. The van der Waals surface area contributed by atoms with Crippen molar-refractivity contribution in [1.82, 2.24) is 15.0 Å². The fourth-order valence-electron chi connectivity index (χ4n) is 3.05. The van der Waals surface area contributed by atoms with Crippen LogP contribution in [0.4, 0.5) is 0 Å². The summed E-state index contributed by atoms with van der Waals surface area (Å²) >= 11 is 0. The third kappa shape index (κ3) is 2.65. The number of carbonyl (C=O) groups is 1. The van der Waals surface area contributed by atoms with Crippen LogP contribution in [-0.4, -0.2) is 26.1 Å². The molecule has 2 rings (SSSR count). The number of hydrogen-bond donors (Lipinski definition) is 1. The summed E-state index contributed by atoms with van der Waals surface area (Å²) in [7, 11) is 0. The van der Waals surface area contributed by atoms with Gasteiger partial charge in [-0.05, 0) is 30.6 Å². The van der Waals surface area contributed by atoms with E-state index in [4.69, 9.17) is 5.11 Å². The zero-order valence-corrected chi connectivity index (χ0v) is 10.6. The molecular weight excluding hydrogens is 218 g/mol. The van der Waals surface area contributed by atoms with Gasteiger partial charge in [-0.1, -0.05) is 26.0 Å². The molecule has 94 valence electrons. The maximum atomic E-state index is 10.8. The van der Waals surface area contributed by atoms with Crippen LogP contribution in [0.1, 0.15) is 56.6 Å². The van der Waals surface area contributed by atoms with E-state index in [1.807, 2.05) is 0 Å². The molecule has 1 N–H and O–H groups in total. The van der Waals surface area contributed by atoms with E-state index in [1.54, 1.807) is 10.9 Å². The second-order valence-corrected chi connectivity index (χ2v) is 5.96. The summed E-state index contributed by atoms with van der Waals surface area (Å²) in [5.41, 5.74) is 0.318. The summed E-state index contributed by atoms with van der Waals surface area (Å²) < 4.78 is 1.72. The van der Waals surface area contributed by atoms with E-state index < -0.39 is 5.97 Å².